The molecule has 3 heterocycles. The fourth-order valence-corrected chi connectivity index (χ4v) is 5.59. The van der Waals surface area contributed by atoms with E-state index in [1.807, 2.05) is 0 Å². The molecule has 0 amide bonds. The van der Waals surface area contributed by atoms with Gasteiger partial charge in [0, 0.05) is 31.1 Å². The molecule has 0 bridgehead atoms. The van der Waals surface area contributed by atoms with Gasteiger partial charge in [0.15, 0.2) is 0 Å². The predicted octanol–water partition coefficient (Wildman–Crippen LogP) is 2.81. The first-order valence-corrected chi connectivity index (χ1v) is 10.4. The van der Waals surface area contributed by atoms with Gasteiger partial charge in [0.25, 0.3) is 5.56 Å². The summed E-state index contributed by atoms with van der Waals surface area (Å²) in [5, 5.41) is 0.860. The number of piperazine rings is 1. The number of aryl methyl sites for hydroxylation is 1. The lowest BCUT2D eigenvalue weighted by molar-refractivity contribution is 0.103. The van der Waals surface area contributed by atoms with Gasteiger partial charge in [-0.2, -0.15) is 0 Å². The Morgan fingerprint density at radius 1 is 1.32 bits per heavy atom. The van der Waals surface area contributed by atoms with Gasteiger partial charge in [0.2, 0.25) is 0 Å². The molecule has 2 aromatic rings. The third-order valence-electron chi connectivity index (χ3n) is 5.98. The largest absolute Gasteiger partial charge is 0.309 e. The number of aromatic nitrogens is 2. The molecule has 2 aliphatic rings. The Kier molecular flexibility index (Phi) is 4.69. The van der Waals surface area contributed by atoms with Crippen molar-refractivity contribution in [2.45, 2.75) is 46.1 Å². The summed E-state index contributed by atoms with van der Waals surface area (Å²) in [7, 11) is 0. The number of thiophene rings is 1. The van der Waals surface area contributed by atoms with Crippen LogP contribution in [0.4, 0.5) is 0 Å². The number of hydrogen-bond donors (Lipinski definition) is 1. The molecule has 1 N–H and O–H groups in total. The van der Waals surface area contributed by atoms with Crippen molar-refractivity contribution in [3.05, 3.63) is 26.6 Å². The van der Waals surface area contributed by atoms with Crippen molar-refractivity contribution in [2.75, 3.05) is 32.7 Å². The Hall–Kier alpha value is -1.24. The van der Waals surface area contributed by atoms with Gasteiger partial charge in [0.05, 0.1) is 11.4 Å². The molecule has 0 aromatic carbocycles. The summed E-state index contributed by atoms with van der Waals surface area (Å²) in [6, 6.07) is 0.161. The van der Waals surface area contributed by atoms with Gasteiger partial charge in [0.1, 0.15) is 10.7 Å². The molecular weight excluding hydrogens is 332 g/mol. The number of rotatable bonds is 3. The van der Waals surface area contributed by atoms with Crippen LogP contribution in [-0.2, 0) is 12.8 Å². The highest BCUT2D eigenvalue weighted by atomic mass is 32.1. The van der Waals surface area contributed by atoms with Crippen LogP contribution in [0.2, 0.25) is 0 Å². The number of likely N-dealkylation sites (N-methyl/N-ethyl adjacent to an activating group) is 1. The van der Waals surface area contributed by atoms with Crippen molar-refractivity contribution in [1.29, 1.82) is 0 Å². The number of nitrogens with one attached hydrogen (secondary N) is 1. The van der Waals surface area contributed by atoms with Gasteiger partial charge in [-0.1, -0.05) is 13.8 Å². The zero-order valence-electron chi connectivity index (χ0n) is 15.5. The molecule has 0 spiro atoms. The molecule has 1 fully saturated rings. The van der Waals surface area contributed by atoms with Gasteiger partial charge < -0.3 is 9.88 Å². The summed E-state index contributed by atoms with van der Waals surface area (Å²) in [6.45, 7) is 12.1. The second kappa shape index (κ2) is 6.82. The minimum atomic E-state index is 0.0612. The van der Waals surface area contributed by atoms with Gasteiger partial charge in [-0.05, 0) is 44.2 Å². The second-order valence-corrected chi connectivity index (χ2v) is 8.71. The van der Waals surface area contributed by atoms with Crippen molar-refractivity contribution in [1.82, 2.24) is 19.8 Å². The summed E-state index contributed by atoms with van der Waals surface area (Å²) in [4.78, 5) is 28.0. The summed E-state index contributed by atoms with van der Waals surface area (Å²) in [5.41, 5.74) is 1.33. The Labute approximate surface area is 153 Å². The van der Waals surface area contributed by atoms with E-state index in [1.165, 1.54) is 16.9 Å². The van der Waals surface area contributed by atoms with Crippen LogP contribution < -0.4 is 5.56 Å². The molecule has 2 aromatic heterocycles. The normalized spacial score (nSPS) is 23.7. The van der Waals surface area contributed by atoms with Crippen LogP contribution in [0.25, 0.3) is 10.2 Å². The molecule has 6 heteroatoms. The van der Waals surface area contributed by atoms with Crippen LogP contribution >= 0.6 is 11.3 Å². The van der Waals surface area contributed by atoms with Gasteiger partial charge in [-0.15, -0.1) is 11.3 Å². The van der Waals surface area contributed by atoms with E-state index in [-0.39, 0.29) is 11.6 Å². The molecule has 2 unspecified atom stereocenters. The number of nitrogens with zero attached hydrogens (tertiary/aromatic N) is 3. The van der Waals surface area contributed by atoms with E-state index in [9.17, 15) is 4.79 Å². The molecule has 136 valence electrons. The zero-order valence-corrected chi connectivity index (χ0v) is 16.3. The topological polar surface area (TPSA) is 52.2 Å². The minimum Gasteiger partial charge on any atom is -0.309 e. The summed E-state index contributed by atoms with van der Waals surface area (Å²) >= 11 is 1.74. The molecular formula is C19H28N4OS. The second-order valence-electron chi connectivity index (χ2n) is 7.63. The minimum absolute atomic E-state index is 0.0612. The standard InChI is InChI=1S/C19H28N4OS/c1-4-22-7-9-23(10-8-22)13(3)17-20-18(24)16-14-6-5-12(2)11-15(14)25-19(16)21-17/h12-13H,4-11H2,1-3H3,(H,20,21,24). The third-order valence-corrected chi connectivity index (χ3v) is 7.13. The SMILES string of the molecule is CCN1CCN(C(C)c2nc3sc4c(c3c(=O)[nH]2)CCC(C)C4)CC1. The van der Waals surface area contributed by atoms with Crippen LogP contribution in [0.1, 0.15) is 49.5 Å². The Morgan fingerprint density at radius 3 is 2.80 bits per heavy atom. The van der Waals surface area contributed by atoms with Crippen LogP contribution in [-0.4, -0.2) is 52.5 Å². The first-order valence-electron chi connectivity index (χ1n) is 9.57. The van der Waals surface area contributed by atoms with Crippen molar-refractivity contribution >= 4 is 21.6 Å². The van der Waals surface area contributed by atoms with E-state index in [0.29, 0.717) is 5.92 Å². The molecule has 1 aliphatic carbocycles. The molecule has 1 saturated heterocycles. The van der Waals surface area contributed by atoms with Crippen LogP contribution in [0.5, 0.6) is 0 Å². The maximum absolute atomic E-state index is 12.8. The van der Waals surface area contributed by atoms with E-state index in [0.717, 1.165) is 61.6 Å². The van der Waals surface area contributed by atoms with Gasteiger partial charge in [-0.25, -0.2) is 4.98 Å². The average molecular weight is 361 g/mol. The average Bonchev–Trinajstić information content (AvgIpc) is 2.98. The molecule has 2 atom stereocenters. The van der Waals surface area contributed by atoms with Crippen molar-refractivity contribution in [2.24, 2.45) is 5.92 Å². The first-order chi connectivity index (χ1) is 12.1. The number of aromatic amines is 1. The third kappa shape index (κ3) is 3.15. The highest BCUT2D eigenvalue weighted by molar-refractivity contribution is 7.18. The van der Waals surface area contributed by atoms with Crippen LogP contribution in [0.3, 0.4) is 0 Å². The van der Waals surface area contributed by atoms with E-state index >= 15 is 0 Å². The van der Waals surface area contributed by atoms with Gasteiger partial charge >= 0.3 is 0 Å². The lowest BCUT2D eigenvalue weighted by atomic mass is 9.89. The summed E-state index contributed by atoms with van der Waals surface area (Å²) in [5.74, 6) is 1.54. The van der Waals surface area contributed by atoms with Crippen molar-refractivity contribution in [3.63, 3.8) is 0 Å². The smallest absolute Gasteiger partial charge is 0.259 e. The Morgan fingerprint density at radius 2 is 2.08 bits per heavy atom. The fourth-order valence-electron chi connectivity index (χ4n) is 4.20. The first kappa shape index (κ1) is 17.2. The lowest BCUT2D eigenvalue weighted by Gasteiger charge is -2.37. The molecule has 1 aliphatic heterocycles. The molecule has 4 rings (SSSR count). The molecule has 25 heavy (non-hydrogen) atoms. The number of fused-ring (bicyclic) bond motifs is 3. The predicted molar refractivity (Wildman–Crippen MR) is 104 cm³/mol. The Balaban J connectivity index is 1.64. The van der Waals surface area contributed by atoms with E-state index in [4.69, 9.17) is 4.98 Å². The van der Waals surface area contributed by atoms with Crippen molar-refractivity contribution in [3.8, 4) is 0 Å². The number of hydrogen-bond acceptors (Lipinski definition) is 5. The van der Waals surface area contributed by atoms with Crippen molar-refractivity contribution < 1.29 is 0 Å². The van der Waals surface area contributed by atoms with E-state index in [1.54, 1.807) is 11.3 Å². The molecule has 5 nitrogen and oxygen atoms in total. The van der Waals surface area contributed by atoms with E-state index in [2.05, 4.69) is 35.6 Å². The summed E-state index contributed by atoms with van der Waals surface area (Å²) in [6.07, 6.45) is 3.30. The van der Waals surface area contributed by atoms with Crippen LogP contribution in [0.15, 0.2) is 4.79 Å². The van der Waals surface area contributed by atoms with Crippen LogP contribution in [0, 0.1) is 5.92 Å². The highest BCUT2D eigenvalue weighted by Gasteiger charge is 2.26. The Bertz CT molecular complexity index is 819. The number of H-pyrrole nitrogens is 1. The van der Waals surface area contributed by atoms with E-state index < -0.39 is 0 Å². The lowest BCUT2D eigenvalue weighted by Crippen LogP contribution is -2.47. The zero-order chi connectivity index (χ0) is 17.6. The fraction of sp³-hybridized carbons (Fsp3) is 0.684. The maximum atomic E-state index is 12.8. The molecule has 0 radical (unpaired) electrons. The highest BCUT2D eigenvalue weighted by Crippen LogP contribution is 2.36. The summed E-state index contributed by atoms with van der Waals surface area (Å²) < 4.78 is 0. The maximum Gasteiger partial charge on any atom is 0.259 e. The quantitative estimate of drug-likeness (QED) is 0.914. The van der Waals surface area contributed by atoms with Gasteiger partial charge in [-0.3, -0.25) is 9.69 Å². The molecule has 0 saturated carbocycles. The monoisotopic (exact) mass is 360 g/mol.